The topological polar surface area (TPSA) is 96.7 Å². The van der Waals surface area contributed by atoms with Crippen LogP contribution >= 0.6 is 0 Å². The lowest BCUT2D eigenvalue weighted by Crippen LogP contribution is -2.32. The van der Waals surface area contributed by atoms with E-state index < -0.39 is 28.1 Å². The molecule has 1 aromatic heterocycles. The third kappa shape index (κ3) is 3.42. The molecule has 1 heterocycles. The fourth-order valence-electron chi connectivity index (χ4n) is 1.64. The second kappa shape index (κ2) is 5.98. The summed E-state index contributed by atoms with van der Waals surface area (Å²) in [5, 5.41) is 8.67. The number of aromatic nitrogens is 1. The van der Waals surface area contributed by atoms with Crippen LogP contribution in [0.3, 0.4) is 0 Å². The van der Waals surface area contributed by atoms with Gasteiger partial charge in [0.05, 0.1) is 4.90 Å². The highest BCUT2D eigenvalue weighted by atomic mass is 32.2. The number of carboxylic acid groups (broad SMARTS) is 1. The Labute approximate surface area is 111 Å². The van der Waals surface area contributed by atoms with Crippen molar-refractivity contribution in [3.63, 3.8) is 0 Å². The molecule has 1 rings (SSSR count). The monoisotopic (exact) mass is 288 g/mol. The SMILES string of the molecule is CCN(CC)S(=O)(=O)c1ccc(=O)n(CC(=O)O)c1. The molecule has 8 heteroatoms. The van der Waals surface area contributed by atoms with Crippen molar-refractivity contribution in [2.75, 3.05) is 13.1 Å². The molecule has 0 aliphatic heterocycles. The van der Waals surface area contributed by atoms with E-state index in [1.165, 1.54) is 10.4 Å². The molecule has 106 valence electrons. The first-order valence-electron chi connectivity index (χ1n) is 5.75. The van der Waals surface area contributed by atoms with Gasteiger partial charge in [0.1, 0.15) is 6.54 Å². The first-order valence-corrected chi connectivity index (χ1v) is 7.19. The van der Waals surface area contributed by atoms with E-state index >= 15 is 0 Å². The normalized spacial score (nSPS) is 11.7. The molecule has 19 heavy (non-hydrogen) atoms. The van der Waals surface area contributed by atoms with Crippen LogP contribution in [0.25, 0.3) is 0 Å². The van der Waals surface area contributed by atoms with Crippen LogP contribution in [-0.4, -0.2) is 41.5 Å². The molecule has 0 amide bonds. The van der Waals surface area contributed by atoms with Crippen LogP contribution in [0.15, 0.2) is 28.0 Å². The number of aliphatic carboxylic acids is 1. The molecule has 7 nitrogen and oxygen atoms in total. The van der Waals surface area contributed by atoms with Crippen LogP contribution in [0.1, 0.15) is 13.8 Å². The van der Waals surface area contributed by atoms with E-state index in [1.807, 2.05) is 0 Å². The molecule has 0 bridgehead atoms. The lowest BCUT2D eigenvalue weighted by atomic mass is 10.4. The predicted octanol–water partition coefficient (Wildman–Crippen LogP) is -0.0366. The number of pyridine rings is 1. The summed E-state index contributed by atoms with van der Waals surface area (Å²) in [5.41, 5.74) is -0.555. The van der Waals surface area contributed by atoms with Crippen LogP contribution in [0.5, 0.6) is 0 Å². The molecule has 1 aromatic rings. The van der Waals surface area contributed by atoms with Gasteiger partial charge in [-0.2, -0.15) is 4.31 Å². The van der Waals surface area contributed by atoms with Crippen molar-refractivity contribution in [2.24, 2.45) is 0 Å². The molecule has 0 aliphatic carbocycles. The minimum absolute atomic E-state index is 0.0861. The van der Waals surface area contributed by atoms with Crippen molar-refractivity contribution in [1.29, 1.82) is 0 Å². The highest BCUT2D eigenvalue weighted by Crippen LogP contribution is 2.13. The van der Waals surface area contributed by atoms with Crippen molar-refractivity contribution >= 4 is 16.0 Å². The molecular formula is C11H16N2O5S. The van der Waals surface area contributed by atoms with E-state index in [2.05, 4.69) is 0 Å². The maximum atomic E-state index is 12.2. The Balaban J connectivity index is 3.29. The molecule has 0 fully saturated rings. The van der Waals surface area contributed by atoms with E-state index in [4.69, 9.17) is 5.11 Å². The summed E-state index contributed by atoms with van der Waals surface area (Å²) in [6, 6.07) is 2.24. The molecule has 0 aromatic carbocycles. The van der Waals surface area contributed by atoms with E-state index in [0.717, 1.165) is 16.8 Å². The van der Waals surface area contributed by atoms with Crippen LogP contribution in [-0.2, 0) is 21.4 Å². The van der Waals surface area contributed by atoms with Gasteiger partial charge in [-0.3, -0.25) is 9.59 Å². The number of nitrogens with zero attached hydrogens (tertiary/aromatic N) is 2. The lowest BCUT2D eigenvalue weighted by molar-refractivity contribution is -0.137. The Hall–Kier alpha value is -1.67. The third-order valence-corrected chi connectivity index (χ3v) is 4.64. The number of carbonyl (C=O) groups is 1. The quantitative estimate of drug-likeness (QED) is 0.792. The fraction of sp³-hybridized carbons (Fsp3) is 0.455. The van der Waals surface area contributed by atoms with Gasteiger partial charge in [0.2, 0.25) is 10.0 Å². The molecule has 0 radical (unpaired) electrons. The molecule has 1 N–H and O–H groups in total. The van der Waals surface area contributed by atoms with Crippen LogP contribution in [0, 0.1) is 0 Å². The van der Waals surface area contributed by atoms with Crippen LogP contribution < -0.4 is 5.56 Å². The first-order chi connectivity index (χ1) is 8.82. The Morgan fingerprint density at radius 3 is 2.37 bits per heavy atom. The maximum Gasteiger partial charge on any atom is 0.323 e. The average molecular weight is 288 g/mol. The van der Waals surface area contributed by atoms with Crippen molar-refractivity contribution in [3.8, 4) is 0 Å². The summed E-state index contributed by atoms with van der Waals surface area (Å²) in [6.45, 7) is 3.44. The highest BCUT2D eigenvalue weighted by Gasteiger charge is 2.22. The van der Waals surface area contributed by atoms with Gasteiger partial charge in [0.25, 0.3) is 5.56 Å². The summed E-state index contributed by atoms with van der Waals surface area (Å²) >= 11 is 0. The molecule has 0 spiro atoms. The highest BCUT2D eigenvalue weighted by molar-refractivity contribution is 7.89. The lowest BCUT2D eigenvalue weighted by Gasteiger charge is -2.18. The molecular weight excluding hydrogens is 272 g/mol. The smallest absolute Gasteiger partial charge is 0.323 e. The number of rotatable bonds is 6. The zero-order valence-electron chi connectivity index (χ0n) is 10.7. The second-order valence-corrected chi connectivity index (χ2v) is 5.75. The molecule has 0 atom stereocenters. The summed E-state index contributed by atoms with van der Waals surface area (Å²) in [6.07, 6.45) is 1.06. The van der Waals surface area contributed by atoms with Gasteiger partial charge in [-0.15, -0.1) is 0 Å². The summed E-state index contributed by atoms with van der Waals surface area (Å²) < 4.78 is 26.5. The second-order valence-electron chi connectivity index (χ2n) is 3.81. The van der Waals surface area contributed by atoms with Gasteiger partial charge in [0.15, 0.2) is 0 Å². The summed E-state index contributed by atoms with van der Waals surface area (Å²) in [7, 11) is -3.70. The van der Waals surface area contributed by atoms with E-state index in [9.17, 15) is 18.0 Å². The first kappa shape index (κ1) is 15.4. The maximum absolute atomic E-state index is 12.2. The van der Waals surface area contributed by atoms with Crippen LogP contribution in [0.4, 0.5) is 0 Å². The molecule has 0 unspecified atom stereocenters. The van der Waals surface area contributed by atoms with Gasteiger partial charge >= 0.3 is 5.97 Å². The van der Waals surface area contributed by atoms with E-state index in [-0.39, 0.29) is 4.90 Å². The van der Waals surface area contributed by atoms with Crippen molar-refractivity contribution < 1.29 is 18.3 Å². The molecule has 0 saturated carbocycles. The Morgan fingerprint density at radius 1 is 1.32 bits per heavy atom. The Bertz CT molecular complexity index is 616. The van der Waals surface area contributed by atoms with Gasteiger partial charge in [-0.1, -0.05) is 13.8 Å². The largest absolute Gasteiger partial charge is 0.480 e. The molecule has 0 saturated heterocycles. The zero-order chi connectivity index (χ0) is 14.6. The number of sulfonamides is 1. The minimum Gasteiger partial charge on any atom is -0.480 e. The van der Waals surface area contributed by atoms with Crippen molar-refractivity contribution in [1.82, 2.24) is 8.87 Å². The number of hydrogen-bond donors (Lipinski definition) is 1. The van der Waals surface area contributed by atoms with Crippen molar-refractivity contribution in [2.45, 2.75) is 25.3 Å². The minimum atomic E-state index is -3.70. The number of carboxylic acids is 1. The van der Waals surface area contributed by atoms with Gasteiger partial charge in [0, 0.05) is 25.4 Å². The Kier molecular flexibility index (Phi) is 4.84. The Morgan fingerprint density at radius 2 is 1.89 bits per heavy atom. The van der Waals surface area contributed by atoms with Gasteiger partial charge < -0.3 is 9.67 Å². The fourth-order valence-corrected chi connectivity index (χ4v) is 3.12. The molecule has 0 aliphatic rings. The van der Waals surface area contributed by atoms with E-state index in [1.54, 1.807) is 13.8 Å². The van der Waals surface area contributed by atoms with Crippen molar-refractivity contribution in [3.05, 3.63) is 28.7 Å². The van der Waals surface area contributed by atoms with E-state index in [0.29, 0.717) is 13.1 Å². The van der Waals surface area contributed by atoms with Gasteiger partial charge in [-0.05, 0) is 6.07 Å². The zero-order valence-corrected chi connectivity index (χ0v) is 11.6. The van der Waals surface area contributed by atoms with Gasteiger partial charge in [-0.25, -0.2) is 8.42 Å². The number of hydrogen-bond acceptors (Lipinski definition) is 4. The van der Waals surface area contributed by atoms with Crippen LogP contribution in [0.2, 0.25) is 0 Å². The summed E-state index contributed by atoms with van der Waals surface area (Å²) in [4.78, 5) is 22.0. The third-order valence-electron chi connectivity index (χ3n) is 2.61. The average Bonchev–Trinajstić information content (AvgIpc) is 2.32. The summed E-state index contributed by atoms with van der Waals surface area (Å²) in [5.74, 6) is -1.21. The standard InChI is InChI=1S/C11H16N2O5S/c1-3-13(4-2)19(17,18)9-5-6-10(14)12(7-9)8-11(15)16/h5-7H,3-4,8H2,1-2H3,(H,15,16). The predicted molar refractivity (Wildman–Crippen MR) is 68.4 cm³/mol.